The van der Waals surface area contributed by atoms with E-state index in [1.165, 1.54) is 24.0 Å². The summed E-state index contributed by atoms with van der Waals surface area (Å²) in [4.78, 5) is 63.7. The maximum Gasteiger partial charge on any atom is 0.310 e. The van der Waals surface area contributed by atoms with E-state index < -0.39 is 53.9 Å². The van der Waals surface area contributed by atoms with Crippen LogP contribution in [0.25, 0.3) is 0 Å². The number of esters is 1. The number of anilines is 1. The average Bonchev–Trinajstić information content (AvgIpc) is 3.43. The molecule has 3 rings (SSSR count). The van der Waals surface area contributed by atoms with Crippen LogP contribution in [0.2, 0.25) is 0 Å². The Kier molecular flexibility index (Phi) is 9.19. The molecule has 0 spiro atoms. The van der Waals surface area contributed by atoms with Gasteiger partial charge in [-0.15, -0.1) is 0 Å². The number of hydrogen-bond donors (Lipinski definition) is 3. The van der Waals surface area contributed by atoms with Crippen LogP contribution in [0.5, 0.6) is 0 Å². The molecule has 0 aliphatic carbocycles. The summed E-state index contributed by atoms with van der Waals surface area (Å²) < 4.78 is 25.0. The van der Waals surface area contributed by atoms with Crippen molar-refractivity contribution in [2.75, 3.05) is 18.5 Å². The molecular weight excluding hydrogens is 487 g/mol. The average molecular weight is 521 g/mol. The van der Waals surface area contributed by atoms with Gasteiger partial charge in [-0.1, -0.05) is 13.8 Å². The van der Waals surface area contributed by atoms with Gasteiger partial charge in [0.25, 0.3) is 5.91 Å². The van der Waals surface area contributed by atoms with Gasteiger partial charge in [-0.05, 0) is 43.9 Å². The van der Waals surface area contributed by atoms with Crippen LogP contribution in [0.1, 0.15) is 57.3 Å². The molecule has 2 heterocycles. The molecule has 1 aromatic rings. The molecule has 11 nitrogen and oxygen atoms in total. The summed E-state index contributed by atoms with van der Waals surface area (Å²) >= 11 is 0. The largest absolute Gasteiger partial charge is 0.433 e. The number of nitrogens with zero attached hydrogens (tertiary/aromatic N) is 1. The summed E-state index contributed by atoms with van der Waals surface area (Å²) in [6, 6.07) is 1.17. The van der Waals surface area contributed by atoms with Crippen LogP contribution in [0.3, 0.4) is 0 Å². The Bertz CT molecular complexity index is 1060. The highest BCUT2D eigenvalue weighted by molar-refractivity contribution is 5.99. The normalized spacial score (nSPS) is 21.9. The van der Waals surface area contributed by atoms with E-state index in [1.807, 2.05) is 0 Å². The van der Waals surface area contributed by atoms with Gasteiger partial charge in [0.05, 0.1) is 12.0 Å². The first-order valence-corrected chi connectivity index (χ1v) is 12.3. The third kappa shape index (κ3) is 6.82. The van der Waals surface area contributed by atoms with Crippen LogP contribution in [0.4, 0.5) is 10.1 Å². The van der Waals surface area contributed by atoms with E-state index in [4.69, 9.17) is 9.47 Å². The van der Waals surface area contributed by atoms with E-state index in [2.05, 4.69) is 16.0 Å². The number of nitrogens with one attached hydrogen (secondary N) is 3. The van der Waals surface area contributed by atoms with Gasteiger partial charge in [0, 0.05) is 25.8 Å². The van der Waals surface area contributed by atoms with Gasteiger partial charge < -0.3 is 30.3 Å². The molecule has 2 fully saturated rings. The van der Waals surface area contributed by atoms with E-state index in [-0.39, 0.29) is 29.5 Å². The lowest BCUT2D eigenvalue weighted by molar-refractivity contribution is -0.164. The highest BCUT2D eigenvalue weighted by atomic mass is 19.1. The standard InChI is InChI=1S/C25H33FN4O7/c1-5-36-25-18(12-20(32)37-25)28-23(34)19-7-6-10-30(19)24(35)21(13(2)3)29-22(33)16-9-8-15(11-17(16)26)27-14(4)31/h8-9,11,13,18-19,21,25H,5-7,10,12H2,1-4H3,(H,27,31)(H,28,34)(H,29,33)/t18-,19+,21+,25-/m1/s1. The lowest BCUT2D eigenvalue weighted by atomic mass is 10.0. The van der Waals surface area contributed by atoms with Crippen molar-refractivity contribution in [3.05, 3.63) is 29.6 Å². The topological polar surface area (TPSA) is 143 Å². The maximum absolute atomic E-state index is 14.6. The van der Waals surface area contributed by atoms with Crippen molar-refractivity contribution < 1.29 is 37.8 Å². The first-order chi connectivity index (χ1) is 17.5. The summed E-state index contributed by atoms with van der Waals surface area (Å²) in [6.07, 6.45) is 0.0722. The molecule has 3 N–H and O–H groups in total. The number of ether oxygens (including phenoxy) is 2. The van der Waals surface area contributed by atoms with E-state index in [1.54, 1.807) is 20.8 Å². The Balaban J connectivity index is 1.70. The minimum atomic E-state index is -1.01. The molecule has 37 heavy (non-hydrogen) atoms. The predicted octanol–water partition coefficient (Wildman–Crippen LogP) is 1.32. The van der Waals surface area contributed by atoms with E-state index in [0.29, 0.717) is 26.0 Å². The first kappa shape index (κ1) is 28.0. The molecule has 2 aliphatic rings. The van der Waals surface area contributed by atoms with Crippen molar-refractivity contribution in [2.45, 2.75) is 71.4 Å². The fourth-order valence-electron chi connectivity index (χ4n) is 4.44. The van der Waals surface area contributed by atoms with Crippen molar-refractivity contribution in [1.82, 2.24) is 15.5 Å². The summed E-state index contributed by atoms with van der Waals surface area (Å²) in [6.45, 7) is 7.10. The Morgan fingerprint density at radius 3 is 2.59 bits per heavy atom. The fourth-order valence-corrected chi connectivity index (χ4v) is 4.44. The van der Waals surface area contributed by atoms with Gasteiger partial charge in [0.15, 0.2) is 0 Å². The predicted molar refractivity (Wildman–Crippen MR) is 130 cm³/mol. The van der Waals surface area contributed by atoms with Crippen LogP contribution >= 0.6 is 0 Å². The fraction of sp³-hybridized carbons (Fsp3) is 0.560. The second-order valence-electron chi connectivity index (χ2n) is 9.39. The highest BCUT2D eigenvalue weighted by Gasteiger charge is 2.42. The molecule has 0 saturated carbocycles. The summed E-state index contributed by atoms with van der Waals surface area (Å²) in [5.41, 5.74) is -0.0824. The number of cyclic esters (lactones) is 1. The minimum absolute atomic E-state index is 0.0337. The van der Waals surface area contributed by atoms with Crippen LogP contribution in [0, 0.1) is 11.7 Å². The Morgan fingerprint density at radius 1 is 1.24 bits per heavy atom. The third-order valence-electron chi connectivity index (χ3n) is 6.21. The van der Waals surface area contributed by atoms with Crippen LogP contribution in [0.15, 0.2) is 18.2 Å². The summed E-state index contributed by atoms with van der Waals surface area (Å²) in [5.74, 6) is -3.77. The van der Waals surface area contributed by atoms with E-state index in [0.717, 1.165) is 6.07 Å². The number of benzene rings is 1. The van der Waals surface area contributed by atoms with Crippen LogP contribution in [-0.4, -0.2) is 72.1 Å². The number of rotatable bonds is 9. The zero-order chi connectivity index (χ0) is 27.3. The molecule has 0 aromatic heterocycles. The van der Waals surface area contributed by atoms with Gasteiger partial charge in [0.1, 0.15) is 23.9 Å². The van der Waals surface area contributed by atoms with Crippen LogP contribution in [-0.2, 0) is 28.7 Å². The Morgan fingerprint density at radius 2 is 1.97 bits per heavy atom. The smallest absolute Gasteiger partial charge is 0.310 e. The number of hydrogen-bond acceptors (Lipinski definition) is 7. The number of amides is 4. The number of halogens is 1. The van der Waals surface area contributed by atoms with Gasteiger partial charge in [-0.25, -0.2) is 4.39 Å². The second kappa shape index (κ2) is 12.1. The molecule has 1 aromatic carbocycles. The van der Waals surface area contributed by atoms with Crippen molar-refractivity contribution in [1.29, 1.82) is 0 Å². The lowest BCUT2D eigenvalue weighted by Crippen LogP contribution is -2.56. The molecule has 4 atom stereocenters. The Labute approximate surface area is 214 Å². The molecule has 12 heteroatoms. The molecule has 2 saturated heterocycles. The SMILES string of the molecule is CCO[C@@H]1OC(=O)C[C@H]1NC(=O)[C@@H]1CCCN1C(=O)[C@@H](NC(=O)c1ccc(NC(C)=O)cc1F)C(C)C. The Hall–Kier alpha value is -3.54. The molecule has 0 unspecified atom stereocenters. The van der Waals surface area contributed by atoms with Gasteiger partial charge in [-0.2, -0.15) is 0 Å². The number of carbonyl (C=O) groups is 5. The first-order valence-electron chi connectivity index (χ1n) is 12.3. The molecular formula is C25H33FN4O7. The monoisotopic (exact) mass is 520 g/mol. The zero-order valence-electron chi connectivity index (χ0n) is 21.3. The van der Waals surface area contributed by atoms with Crippen molar-refractivity contribution in [3.8, 4) is 0 Å². The van der Waals surface area contributed by atoms with Gasteiger partial charge >= 0.3 is 5.97 Å². The number of carbonyl (C=O) groups excluding carboxylic acids is 5. The number of likely N-dealkylation sites (tertiary alicyclic amines) is 1. The minimum Gasteiger partial charge on any atom is -0.433 e. The highest BCUT2D eigenvalue weighted by Crippen LogP contribution is 2.23. The van der Waals surface area contributed by atoms with Crippen molar-refractivity contribution >= 4 is 35.3 Å². The maximum atomic E-state index is 14.6. The quantitative estimate of drug-likeness (QED) is 0.417. The van der Waals surface area contributed by atoms with Crippen molar-refractivity contribution in [2.24, 2.45) is 5.92 Å². The summed E-state index contributed by atoms with van der Waals surface area (Å²) in [5, 5.41) is 7.80. The van der Waals surface area contributed by atoms with Crippen LogP contribution < -0.4 is 16.0 Å². The van der Waals surface area contributed by atoms with E-state index >= 15 is 0 Å². The third-order valence-corrected chi connectivity index (χ3v) is 6.21. The second-order valence-corrected chi connectivity index (χ2v) is 9.39. The molecule has 2 aliphatic heterocycles. The zero-order valence-corrected chi connectivity index (χ0v) is 21.3. The van der Waals surface area contributed by atoms with E-state index in [9.17, 15) is 28.4 Å². The molecule has 0 radical (unpaired) electrons. The van der Waals surface area contributed by atoms with Crippen molar-refractivity contribution in [3.63, 3.8) is 0 Å². The molecule has 202 valence electrons. The molecule has 4 amide bonds. The molecule has 0 bridgehead atoms. The lowest BCUT2D eigenvalue weighted by Gasteiger charge is -2.31. The van der Waals surface area contributed by atoms with Gasteiger partial charge in [0.2, 0.25) is 24.0 Å². The summed E-state index contributed by atoms with van der Waals surface area (Å²) in [7, 11) is 0. The van der Waals surface area contributed by atoms with Gasteiger partial charge in [-0.3, -0.25) is 24.0 Å².